The number of nitrogens with zero attached hydrogens (tertiary/aromatic N) is 4. The van der Waals surface area contributed by atoms with Crippen molar-refractivity contribution < 1.29 is 4.79 Å². The molecule has 0 saturated heterocycles. The number of hydrogen-bond acceptors (Lipinski definition) is 4. The molecule has 3 aromatic rings. The highest BCUT2D eigenvalue weighted by molar-refractivity contribution is 7.16. The van der Waals surface area contributed by atoms with E-state index in [0.717, 1.165) is 26.8 Å². The first kappa shape index (κ1) is 15.0. The van der Waals surface area contributed by atoms with Gasteiger partial charge in [-0.15, -0.1) is 16.4 Å². The van der Waals surface area contributed by atoms with Crippen molar-refractivity contribution in [2.24, 2.45) is 0 Å². The van der Waals surface area contributed by atoms with Gasteiger partial charge in [0.05, 0.1) is 16.4 Å². The van der Waals surface area contributed by atoms with E-state index < -0.39 is 0 Å². The van der Waals surface area contributed by atoms with Gasteiger partial charge in [-0.3, -0.25) is 4.79 Å². The van der Waals surface area contributed by atoms with Crippen molar-refractivity contribution in [1.82, 2.24) is 19.9 Å². The number of amides is 1. The summed E-state index contributed by atoms with van der Waals surface area (Å²) < 4.78 is 2.54. The Labute approximate surface area is 137 Å². The molecule has 2 aromatic heterocycles. The molecule has 0 N–H and O–H groups in total. The average Bonchev–Trinajstić information content (AvgIpc) is 3.11. The predicted molar refractivity (Wildman–Crippen MR) is 88.3 cm³/mol. The van der Waals surface area contributed by atoms with Crippen LogP contribution in [0.3, 0.4) is 0 Å². The Morgan fingerprint density at radius 1 is 1.36 bits per heavy atom. The second kappa shape index (κ2) is 6.06. The van der Waals surface area contributed by atoms with Gasteiger partial charge < -0.3 is 4.90 Å². The number of halogens is 1. The summed E-state index contributed by atoms with van der Waals surface area (Å²) in [5.41, 5.74) is 2.29. The second-order valence-electron chi connectivity index (χ2n) is 4.98. The molecule has 2 heterocycles. The molecule has 0 saturated carbocycles. The van der Waals surface area contributed by atoms with Crippen molar-refractivity contribution in [3.8, 4) is 0 Å². The molecule has 5 nitrogen and oxygen atoms in total. The molecule has 0 unspecified atom stereocenters. The van der Waals surface area contributed by atoms with Crippen molar-refractivity contribution >= 4 is 39.9 Å². The summed E-state index contributed by atoms with van der Waals surface area (Å²) in [6, 6.07) is 9.27. The molecule has 114 valence electrons. The van der Waals surface area contributed by atoms with E-state index in [4.69, 9.17) is 11.6 Å². The van der Waals surface area contributed by atoms with Crippen molar-refractivity contribution in [3.05, 3.63) is 45.1 Å². The van der Waals surface area contributed by atoms with Gasteiger partial charge in [-0.25, -0.2) is 4.68 Å². The van der Waals surface area contributed by atoms with Gasteiger partial charge in [-0.2, -0.15) is 0 Å². The van der Waals surface area contributed by atoms with Crippen LogP contribution in [-0.2, 0) is 13.1 Å². The van der Waals surface area contributed by atoms with E-state index in [0.29, 0.717) is 12.1 Å². The van der Waals surface area contributed by atoms with Crippen LogP contribution in [0.15, 0.2) is 30.3 Å². The number of hydrogen-bond donors (Lipinski definition) is 0. The number of rotatable bonds is 4. The molecule has 1 amide bonds. The van der Waals surface area contributed by atoms with Gasteiger partial charge in [0.15, 0.2) is 0 Å². The lowest BCUT2D eigenvalue weighted by Gasteiger charge is -2.16. The number of benzene rings is 1. The lowest BCUT2D eigenvalue weighted by molar-refractivity contribution is 0.0786. The summed E-state index contributed by atoms with van der Waals surface area (Å²) in [5, 5.41) is 8.16. The third-order valence-electron chi connectivity index (χ3n) is 3.43. The molecule has 0 spiro atoms. The number of fused-ring (bicyclic) bond motifs is 1. The summed E-state index contributed by atoms with van der Waals surface area (Å²) in [7, 11) is 1.78. The van der Waals surface area contributed by atoms with E-state index in [9.17, 15) is 4.79 Å². The van der Waals surface area contributed by atoms with Crippen molar-refractivity contribution in [2.45, 2.75) is 20.0 Å². The number of carbonyl (C=O) groups is 1. The number of carbonyl (C=O) groups excluding carboxylic acids is 1. The smallest absolute Gasteiger partial charge is 0.254 e. The van der Waals surface area contributed by atoms with E-state index >= 15 is 0 Å². The highest BCUT2D eigenvalue weighted by Gasteiger charge is 2.15. The summed E-state index contributed by atoms with van der Waals surface area (Å²) in [6.45, 7) is 3.30. The first-order valence-corrected chi connectivity index (χ1v) is 8.11. The average molecular weight is 335 g/mol. The molecule has 3 rings (SSSR count). The SMILES string of the molecule is CCn1nnc2cc(C(=O)N(C)Cc3ccc(Cl)s3)ccc21. The van der Waals surface area contributed by atoms with E-state index in [1.54, 1.807) is 22.7 Å². The molecule has 0 fully saturated rings. The molecule has 1 aromatic carbocycles. The van der Waals surface area contributed by atoms with Crippen LogP contribution in [0.2, 0.25) is 4.34 Å². The number of thiophene rings is 1. The normalized spacial score (nSPS) is 11.0. The number of aromatic nitrogens is 3. The monoisotopic (exact) mass is 334 g/mol. The largest absolute Gasteiger partial charge is 0.337 e. The highest BCUT2D eigenvalue weighted by Crippen LogP contribution is 2.23. The second-order valence-corrected chi connectivity index (χ2v) is 6.78. The maximum Gasteiger partial charge on any atom is 0.254 e. The Kier molecular flexibility index (Phi) is 4.13. The number of aryl methyl sites for hydroxylation is 1. The lowest BCUT2D eigenvalue weighted by atomic mass is 10.1. The topological polar surface area (TPSA) is 51.0 Å². The minimum atomic E-state index is -0.0440. The Balaban J connectivity index is 1.81. The van der Waals surface area contributed by atoms with Crippen LogP contribution in [0.25, 0.3) is 11.0 Å². The first-order chi connectivity index (χ1) is 10.6. The predicted octanol–water partition coefficient (Wildman–Crippen LogP) is 3.44. The Hall–Kier alpha value is -1.92. The third kappa shape index (κ3) is 2.84. The zero-order chi connectivity index (χ0) is 15.7. The summed E-state index contributed by atoms with van der Waals surface area (Å²) in [4.78, 5) is 15.2. The zero-order valence-electron chi connectivity index (χ0n) is 12.3. The first-order valence-electron chi connectivity index (χ1n) is 6.91. The van der Waals surface area contributed by atoms with Crippen LogP contribution in [0.5, 0.6) is 0 Å². The minimum Gasteiger partial charge on any atom is -0.337 e. The summed E-state index contributed by atoms with van der Waals surface area (Å²) >= 11 is 7.40. The molecular formula is C15H15ClN4OS. The van der Waals surface area contributed by atoms with Gasteiger partial charge in [0, 0.05) is 24.0 Å². The Morgan fingerprint density at radius 2 is 2.18 bits per heavy atom. The molecule has 0 aliphatic rings. The molecule has 0 aliphatic heterocycles. The van der Waals surface area contributed by atoms with Gasteiger partial charge in [-0.05, 0) is 37.3 Å². The van der Waals surface area contributed by atoms with Crippen molar-refractivity contribution in [1.29, 1.82) is 0 Å². The summed E-state index contributed by atoms with van der Waals surface area (Å²) in [6.07, 6.45) is 0. The quantitative estimate of drug-likeness (QED) is 0.734. The van der Waals surface area contributed by atoms with Crippen LogP contribution < -0.4 is 0 Å². The highest BCUT2D eigenvalue weighted by atomic mass is 35.5. The third-order valence-corrected chi connectivity index (χ3v) is 4.64. The summed E-state index contributed by atoms with van der Waals surface area (Å²) in [5.74, 6) is -0.0440. The van der Waals surface area contributed by atoms with Crippen LogP contribution in [0.4, 0.5) is 0 Å². The Bertz CT molecular complexity index is 826. The maximum absolute atomic E-state index is 12.5. The molecule has 22 heavy (non-hydrogen) atoms. The maximum atomic E-state index is 12.5. The fraction of sp³-hybridized carbons (Fsp3) is 0.267. The van der Waals surface area contributed by atoms with Crippen LogP contribution in [-0.4, -0.2) is 32.8 Å². The van der Waals surface area contributed by atoms with Crippen LogP contribution >= 0.6 is 22.9 Å². The molecule has 7 heteroatoms. The fourth-order valence-corrected chi connectivity index (χ4v) is 3.44. The zero-order valence-corrected chi connectivity index (χ0v) is 13.9. The van der Waals surface area contributed by atoms with Gasteiger partial charge in [-0.1, -0.05) is 16.8 Å². The van der Waals surface area contributed by atoms with Crippen molar-refractivity contribution in [2.75, 3.05) is 7.05 Å². The van der Waals surface area contributed by atoms with Gasteiger partial charge in [0.1, 0.15) is 5.52 Å². The minimum absolute atomic E-state index is 0.0440. The van der Waals surface area contributed by atoms with Crippen LogP contribution in [0.1, 0.15) is 22.2 Å². The standard InChI is InChI=1S/C15H15ClN4OS/c1-3-20-13-6-4-10(8-12(13)17-18-20)15(21)19(2)9-11-5-7-14(16)22-11/h4-8H,3,9H2,1-2H3. The molecule has 0 bridgehead atoms. The van der Waals surface area contributed by atoms with E-state index in [-0.39, 0.29) is 5.91 Å². The fourth-order valence-electron chi connectivity index (χ4n) is 2.30. The Morgan fingerprint density at radius 3 is 2.86 bits per heavy atom. The van der Waals surface area contributed by atoms with Crippen molar-refractivity contribution in [3.63, 3.8) is 0 Å². The van der Waals surface area contributed by atoms with Gasteiger partial charge in [0.25, 0.3) is 5.91 Å². The molecule has 0 aliphatic carbocycles. The molecule has 0 atom stereocenters. The molecule has 0 radical (unpaired) electrons. The van der Waals surface area contributed by atoms with Gasteiger partial charge >= 0.3 is 0 Å². The van der Waals surface area contributed by atoms with E-state index in [1.165, 1.54) is 11.3 Å². The van der Waals surface area contributed by atoms with E-state index in [2.05, 4.69) is 10.3 Å². The lowest BCUT2D eigenvalue weighted by Crippen LogP contribution is -2.25. The van der Waals surface area contributed by atoms with Crippen LogP contribution in [0, 0.1) is 0 Å². The molecular weight excluding hydrogens is 320 g/mol. The van der Waals surface area contributed by atoms with Gasteiger partial charge in [0.2, 0.25) is 0 Å². The van der Waals surface area contributed by atoms with E-state index in [1.807, 2.05) is 31.2 Å².